The van der Waals surface area contributed by atoms with Gasteiger partial charge in [-0.2, -0.15) is 13.2 Å². The summed E-state index contributed by atoms with van der Waals surface area (Å²) in [5.74, 6) is 0.429. The summed E-state index contributed by atoms with van der Waals surface area (Å²) >= 11 is 6.27. The van der Waals surface area contributed by atoms with Gasteiger partial charge in [0.25, 0.3) is 0 Å². The highest BCUT2D eigenvalue weighted by Crippen LogP contribution is 2.37. The van der Waals surface area contributed by atoms with Gasteiger partial charge >= 0.3 is 6.18 Å². The molecule has 1 aliphatic heterocycles. The molecular formula is C36H43Cl3F3N3O. The van der Waals surface area contributed by atoms with E-state index in [1.54, 1.807) is 0 Å². The lowest BCUT2D eigenvalue weighted by atomic mass is 10.0. The van der Waals surface area contributed by atoms with Gasteiger partial charge in [0.1, 0.15) is 11.9 Å². The summed E-state index contributed by atoms with van der Waals surface area (Å²) in [5.41, 5.74) is 5.76. The third kappa shape index (κ3) is 11.4. The van der Waals surface area contributed by atoms with Crippen LogP contribution in [0.1, 0.15) is 41.2 Å². The molecule has 4 nitrogen and oxygen atoms in total. The molecule has 5 rings (SSSR count). The van der Waals surface area contributed by atoms with E-state index in [1.165, 1.54) is 34.6 Å². The number of anilines is 2. The largest absolute Gasteiger partial charge is 0.486 e. The molecular weight excluding hydrogens is 654 g/mol. The molecule has 0 spiro atoms. The highest BCUT2D eigenvalue weighted by atomic mass is 35.5. The first-order valence-electron chi connectivity index (χ1n) is 15.0. The topological polar surface area (TPSA) is 27.7 Å². The first-order valence-corrected chi connectivity index (χ1v) is 15.4. The zero-order chi connectivity index (χ0) is 31.5. The van der Waals surface area contributed by atoms with Crippen molar-refractivity contribution >= 4 is 47.8 Å². The first kappa shape index (κ1) is 39.2. The van der Waals surface area contributed by atoms with Gasteiger partial charge in [0.15, 0.2) is 0 Å². The Kier molecular flexibility index (Phi) is 16.2. The van der Waals surface area contributed by atoms with Crippen LogP contribution >= 0.6 is 36.4 Å². The summed E-state index contributed by atoms with van der Waals surface area (Å²) in [5, 5.41) is 3.87. The number of alkyl halides is 3. The molecule has 1 N–H and O–H groups in total. The molecule has 0 saturated heterocycles. The lowest BCUT2D eigenvalue weighted by molar-refractivity contribution is -0.137. The summed E-state index contributed by atoms with van der Waals surface area (Å²) in [6.07, 6.45) is -0.508. The highest BCUT2D eigenvalue weighted by molar-refractivity contribution is 6.30. The normalized spacial score (nSPS) is 12.7. The van der Waals surface area contributed by atoms with Gasteiger partial charge in [-0.15, -0.1) is 24.8 Å². The quantitative estimate of drug-likeness (QED) is 0.179. The molecule has 0 aromatic heterocycles. The van der Waals surface area contributed by atoms with Gasteiger partial charge in [-0.3, -0.25) is 0 Å². The van der Waals surface area contributed by atoms with Gasteiger partial charge in [-0.1, -0.05) is 66.2 Å². The Bertz CT molecular complexity index is 1450. The van der Waals surface area contributed by atoms with Crippen molar-refractivity contribution in [2.75, 3.05) is 45.7 Å². The van der Waals surface area contributed by atoms with Crippen molar-refractivity contribution in [1.82, 2.24) is 10.2 Å². The summed E-state index contributed by atoms with van der Waals surface area (Å²) in [4.78, 5) is 4.69. The zero-order valence-corrected chi connectivity index (χ0v) is 28.8. The number of benzene rings is 4. The van der Waals surface area contributed by atoms with Crippen LogP contribution in [0, 0.1) is 0 Å². The molecule has 4 aromatic rings. The highest BCUT2D eigenvalue weighted by Gasteiger charge is 2.30. The molecule has 250 valence electrons. The van der Waals surface area contributed by atoms with Crippen LogP contribution in [0.5, 0.6) is 5.75 Å². The lowest BCUT2D eigenvalue weighted by Gasteiger charge is -2.27. The Labute approximate surface area is 288 Å². The summed E-state index contributed by atoms with van der Waals surface area (Å²) in [7, 11) is 6.10. The molecule has 0 fully saturated rings. The molecule has 1 atom stereocenters. The van der Waals surface area contributed by atoms with Gasteiger partial charge in [-0.05, 0) is 113 Å². The predicted molar refractivity (Wildman–Crippen MR) is 190 cm³/mol. The molecule has 0 saturated carbocycles. The van der Waals surface area contributed by atoms with Gasteiger partial charge in [0.05, 0.1) is 5.56 Å². The maximum absolute atomic E-state index is 12.6. The fourth-order valence-electron chi connectivity index (χ4n) is 5.29. The van der Waals surface area contributed by atoms with Crippen molar-refractivity contribution in [1.29, 1.82) is 0 Å². The van der Waals surface area contributed by atoms with Crippen LogP contribution in [0.15, 0.2) is 97.1 Å². The van der Waals surface area contributed by atoms with Gasteiger partial charge in [0, 0.05) is 29.4 Å². The number of fused-ring (bicyclic) bond motifs is 2. The second-order valence-corrected chi connectivity index (χ2v) is 11.6. The maximum Gasteiger partial charge on any atom is 0.416 e. The van der Waals surface area contributed by atoms with Crippen LogP contribution in [0.2, 0.25) is 5.02 Å². The minimum absolute atomic E-state index is 0. The van der Waals surface area contributed by atoms with Crippen LogP contribution in [-0.2, 0) is 19.0 Å². The lowest BCUT2D eigenvalue weighted by Crippen LogP contribution is -2.24. The number of nitrogens with zero attached hydrogens (tertiary/aromatic N) is 2. The molecule has 1 heterocycles. The maximum atomic E-state index is 12.6. The van der Waals surface area contributed by atoms with Crippen molar-refractivity contribution in [3.63, 3.8) is 0 Å². The standard InChI is InChI=1S/C19H23ClN2.C17H18F3NO.2ClH/c1-21(2)12-5-13-22-18-7-4-3-6-15(18)8-9-16-10-11-17(20)14-19(16)22;1-21-12-11-16(13-5-3-2-4-6-13)22-15-9-7-14(8-10-15)17(18,19)20;;/h3-4,6-7,10-11,14H,5,8-9,12-13H2,1-2H3;2-10,16,21H,11-12H2,1H3;2*1H. The smallest absolute Gasteiger partial charge is 0.416 e. The van der Waals surface area contributed by atoms with E-state index < -0.39 is 11.7 Å². The van der Waals surface area contributed by atoms with E-state index in [9.17, 15) is 13.2 Å². The minimum Gasteiger partial charge on any atom is -0.486 e. The summed E-state index contributed by atoms with van der Waals surface area (Å²) in [6, 6.07) is 29.5. The number of hydrogen-bond donors (Lipinski definition) is 1. The molecule has 0 aliphatic carbocycles. The van der Waals surface area contributed by atoms with E-state index in [4.69, 9.17) is 16.3 Å². The number of nitrogens with one attached hydrogen (secondary N) is 1. The van der Waals surface area contributed by atoms with Crippen LogP contribution in [0.3, 0.4) is 0 Å². The van der Waals surface area contributed by atoms with Crippen LogP contribution < -0.4 is 15.0 Å². The zero-order valence-electron chi connectivity index (χ0n) is 26.4. The number of aryl methyl sites for hydroxylation is 2. The number of rotatable bonds is 10. The fraction of sp³-hybridized carbons (Fsp3) is 0.333. The van der Waals surface area contributed by atoms with Crippen molar-refractivity contribution in [2.45, 2.75) is 38.0 Å². The Balaban J connectivity index is 0.000000307. The van der Waals surface area contributed by atoms with Crippen molar-refractivity contribution in [2.24, 2.45) is 0 Å². The number of ether oxygens (including phenoxy) is 1. The molecule has 0 amide bonds. The third-order valence-corrected chi connectivity index (χ3v) is 7.79. The average Bonchev–Trinajstić information content (AvgIpc) is 3.16. The van der Waals surface area contributed by atoms with E-state index in [1.807, 2.05) is 43.4 Å². The Hall–Kier alpha value is -2.94. The second kappa shape index (κ2) is 19.0. The fourth-order valence-corrected chi connectivity index (χ4v) is 5.46. The van der Waals surface area contributed by atoms with E-state index in [0.29, 0.717) is 5.75 Å². The Morgan fingerprint density at radius 1 is 0.848 bits per heavy atom. The van der Waals surface area contributed by atoms with Gasteiger partial charge in [0.2, 0.25) is 0 Å². The van der Waals surface area contributed by atoms with E-state index in [2.05, 4.69) is 65.6 Å². The molecule has 0 radical (unpaired) electrons. The van der Waals surface area contributed by atoms with E-state index in [-0.39, 0.29) is 30.9 Å². The van der Waals surface area contributed by atoms with Crippen LogP contribution in [0.25, 0.3) is 0 Å². The van der Waals surface area contributed by atoms with Crippen LogP contribution in [0.4, 0.5) is 24.5 Å². The monoisotopic (exact) mass is 695 g/mol. The third-order valence-electron chi connectivity index (χ3n) is 7.56. The van der Waals surface area contributed by atoms with Gasteiger partial charge in [-0.25, -0.2) is 0 Å². The number of para-hydroxylation sites is 1. The summed E-state index contributed by atoms with van der Waals surface area (Å²) < 4.78 is 43.6. The molecule has 10 heteroatoms. The van der Waals surface area contributed by atoms with Crippen molar-refractivity contribution in [3.05, 3.63) is 124 Å². The molecule has 0 bridgehead atoms. The van der Waals surface area contributed by atoms with Gasteiger partial charge < -0.3 is 19.9 Å². The number of halogens is 6. The molecule has 46 heavy (non-hydrogen) atoms. The average molecular weight is 697 g/mol. The minimum atomic E-state index is -4.33. The summed E-state index contributed by atoms with van der Waals surface area (Å²) in [6.45, 7) is 2.86. The SMILES string of the molecule is CN(C)CCCN1c2ccccc2CCc2ccc(Cl)cc21.CNCCC(Oc1ccc(C(F)(F)F)cc1)c1ccccc1.Cl.Cl. The van der Waals surface area contributed by atoms with Crippen LogP contribution in [-0.4, -0.2) is 45.7 Å². The number of hydrogen-bond acceptors (Lipinski definition) is 4. The van der Waals surface area contributed by atoms with Crippen molar-refractivity contribution in [3.8, 4) is 5.75 Å². The molecule has 4 aromatic carbocycles. The second-order valence-electron chi connectivity index (χ2n) is 11.1. The predicted octanol–water partition coefficient (Wildman–Crippen LogP) is 9.81. The molecule has 1 aliphatic rings. The first-order chi connectivity index (χ1) is 21.2. The Morgan fingerprint density at radius 2 is 1.48 bits per heavy atom. The molecule has 1 unspecified atom stereocenters. The van der Waals surface area contributed by atoms with E-state index in [0.717, 1.165) is 68.0 Å². The van der Waals surface area contributed by atoms with E-state index >= 15 is 0 Å². The van der Waals surface area contributed by atoms with Crippen molar-refractivity contribution < 1.29 is 17.9 Å². The Morgan fingerprint density at radius 3 is 2.11 bits per heavy atom.